The molecule has 1 rings (SSSR count). The van der Waals surface area contributed by atoms with Crippen LogP contribution in [-0.4, -0.2) is 11.5 Å². The molecule has 1 N–H and O–H groups in total. The van der Waals surface area contributed by atoms with Gasteiger partial charge in [-0.25, -0.2) is 8.78 Å². The van der Waals surface area contributed by atoms with Gasteiger partial charge in [0, 0.05) is 0 Å². The molecule has 0 aliphatic carbocycles. The van der Waals surface area contributed by atoms with Crippen molar-refractivity contribution < 1.29 is 13.9 Å². The largest absolute Gasteiger partial charge is 0.385 e. The van der Waals surface area contributed by atoms with Gasteiger partial charge in [0.15, 0.2) is 0 Å². The highest BCUT2D eigenvalue weighted by atomic mass is 19.3. The fraction of sp³-hybridized carbons (Fsp3) is 0.647. The van der Waals surface area contributed by atoms with Gasteiger partial charge in [0.05, 0.1) is 11.5 Å². The minimum atomic E-state index is -2.53. The van der Waals surface area contributed by atoms with Crippen molar-refractivity contribution >= 4 is 0 Å². The zero-order valence-corrected chi connectivity index (χ0v) is 12.9. The highest BCUT2D eigenvalue weighted by Crippen LogP contribution is 2.38. The van der Waals surface area contributed by atoms with Crippen LogP contribution in [0.4, 0.5) is 8.78 Å². The van der Waals surface area contributed by atoms with Gasteiger partial charge in [0.25, 0.3) is 0 Å². The number of alkyl halides is 2. The summed E-state index contributed by atoms with van der Waals surface area (Å²) in [5.74, 6) is -0.632. The van der Waals surface area contributed by atoms with E-state index in [0.29, 0.717) is 24.3 Å². The highest BCUT2D eigenvalue weighted by Gasteiger charge is 2.39. The van der Waals surface area contributed by atoms with Crippen LogP contribution in [0.1, 0.15) is 64.0 Å². The van der Waals surface area contributed by atoms with Crippen LogP contribution in [0.5, 0.6) is 0 Å². The Balaban J connectivity index is 3.09. The highest BCUT2D eigenvalue weighted by molar-refractivity contribution is 5.29. The topological polar surface area (TPSA) is 20.2 Å². The second-order valence-electron chi connectivity index (χ2n) is 5.73. The Morgan fingerprint density at radius 2 is 1.65 bits per heavy atom. The number of hydrogen-bond donors (Lipinski definition) is 1. The van der Waals surface area contributed by atoms with E-state index in [9.17, 15) is 13.9 Å². The predicted octanol–water partition coefficient (Wildman–Crippen LogP) is 5.09. The lowest BCUT2D eigenvalue weighted by Crippen LogP contribution is -2.37. The summed E-state index contributed by atoms with van der Waals surface area (Å²) in [5.41, 5.74) is 0.329. The molecule has 0 heterocycles. The van der Waals surface area contributed by atoms with E-state index in [0.717, 1.165) is 6.42 Å². The predicted molar refractivity (Wildman–Crippen MR) is 79.1 cm³/mol. The SMILES string of the molecule is CCCC(O)(c1ccc(C(C)CC)cc1)C(C)C(F)F. The summed E-state index contributed by atoms with van der Waals surface area (Å²) < 4.78 is 26.1. The van der Waals surface area contributed by atoms with Crippen molar-refractivity contribution in [3.05, 3.63) is 35.4 Å². The standard InChI is InChI=1S/C17H26F2O/c1-5-11-17(20,13(4)16(18)19)15-9-7-14(8-10-15)12(3)6-2/h7-10,12-13,16,20H,5-6,11H2,1-4H3. The first-order valence-electron chi connectivity index (χ1n) is 7.47. The van der Waals surface area contributed by atoms with Gasteiger partial charge in [-0.05, 0) is 29.9 Å². The normalized spacial score (nSPS) is 17.8. The first-order chi connectivity index (χ1) is 9.36. The molecule has 0 saturated heterocycles. The van der Waals surface area contributed by atoms with Gasteiger partial charge in [0.1, 0.15) is 0 Å². The maximum atomic E-state index is 13.0. The molecule has 0 aromatic heterocycles. The Hall–Kier alpha value is -0.960. The molecule has 114 valence electrons. The van der Waals surface area contributed by atoms with E-state index in [-0.39, 0.29) is 0 Å². The Labute approximate surface area is 121 Å². The van der Waals surface area contributed by atoms with E-state index in [1.165, 1.54) is 12.5 Å². The zero-order chi connectivity index (χ0) is 15.3. The molecule has 0 saturated carbocycles. The molecule has 0 aliphatic heterocycles. The van der Waals surface area contributed by atoms with Crippen molar-refractivity contribution in [2.75, 3.05) is 0 Å². The maximum Gasteiger partial charge on any atom is 0.244 e. The first kappa shape index (κ1) is 17.1. The number of rotatable bonds is 7. The van der Waals surface area contributed by atoms with Crippen LogP contribution in [0.2, 0.25) is 0 Å². The molecule has 0 bridgehead atoms. The molecule has 1 nitrogen and oxygen atoms in total. The van der Waals surface area contributed by atoms with Crippen molar-refractivity contribution in [1.82, 2.24) is 0 Å². The summed E-state index contributed by atoms with van der Waals surface area (Å²) in [5, 5.41) is 10.7. The molecule has 0 spiro atoms. The van der Waals surface area contributed by atoms with E-state index < -0.39 is 17.9 Å². The minimum Gasteiger partial charge on any atom is -0.385 e. The lowest BCUT2D eigenvalue weighted by molar-refractivity contribution is -0.0879. The third-order valence-electron chi connectivity index (χ3n) is 4.35. The van der Waals surface area contributed by atoms with Crippen molar-refractivity contribution in [3.8, 4) is 0 Å². The smallest absolute Gasteiger partial charge is 0.244 e. The van der Waals surface area contributed by atoms with Crippen LogP contribution < -0.4 is 0 Å². The van der Waals surface area contributed by atoms with Gasteiger partial charge in [-0.3, -0.25) is 0 Å². The Morgan fingerprint density at radius 1 is 1.10 bits per heavy atom. The summed E-state index contributed by atoms with van der Waals surface area (Å²) >= 11 is 0. The Morgan fingerprint density at radius 3 is 2.05 bits per heavy atom. The molecule has 0 radical (unpaired) electrons. The lowest BCUT2D eigenvalue weighted by atomic mass is 9.78. The van der Waals surface area contributed by atoms with Gasteiger partial charge >= 0.3 is 0 Å². The van der Waals surface area contributed by atoms with E-state index in [4.69, 9.17) is 0 Å². The number of hydrogen-bond acceptors (Lipinski definition) is 1. The minimum absolute atomic E-state index is 0.348. The second kappa shape index (κ2) is 7.16. The van der Waals surface area contributed by atoms with E-state index in [1.54, 1.807) is 12.1 Å². The van der Waals surface area contributed by atoms with Crippen molar-refractivity contribution in [1.29, 1.82) is 0 Å². The maximum absolute atomic E-state index is 13.0. The molecule has 3 unspecified atom stereocenters. The molecule has 1 aromatic rings. The summed E-state index contributed by atoms with van der Waals surface area (Å²) in [6.45, 7) is 7.57. The summed E-state index contributed by atoms with van der Waals surface area (Å²) in [6, 6.07) is 7.50. The second-order valence-corrected chi connectivity index (χ2v) is 5.73. The van der Waals surface area contributed by atoms with Crippen molar-refractivity contribution in [2.24, 2.45) is 5.92 Å². The molecular weight excluding hydrogens is 258 g/mol. The molecule has 3 atom stereocenters. The van der Waals surface area contributed by atoms with Crippen molar-refractivity contribution in [2.45, 2.75) is 64.9 Å². The molecular formula is C17H26F2O. The van der Waals surface area contributed by atoms with Crippen LogP contribution in [0, 0.1) is 5.92 Å². The van der Waals surface area contributed by atoms with Gasteiger partial charge in [-0.2, -0.15) is 0 Å². The number of benzene rings is 1. The third-order valence-corrected chi connectivity index (χ3v) is 4.35. The average Bonchev–Trinajstić information content (AvgIpc) is 2.45. The monoisotopic (exact) mass is 284 g/mol. The van der Waals surface area contributed by atoms with Crippen LogP contribution in [0.25, 0.3) is 0 Å². The molecule has 0 aliphatic rings. The number of aliphatic hydroxyl groups is 1. The molecule has 20 heavy (non-hydrogen) atoms. The van der Waals surface area contributed by atoms with Crippen LogP contribution in [0.3, 0.4) is 0 Å². The zero-order valence-electron chi connectivity index (χ0n) is 12.9. The number of halogens is 2. The van der Waals surface area contributed by atoms with Gasteiger partial charge in [0.2, 0.25) is 6.43 Å². The first-order valence-corrected chi connectivity index (χ1v) is 7.47. The molecule has 1 aromatic carbocycles. The van der Waals surface area contributed by atoms with Gasteiger partial charge < -0.3 is 5.11 Å². The van der Waals surface area contributed by atoms with E-state index >= 15 is 0 Å². The van der Waals surface area contributed by atoms with E-state index in [1.807, 2.05) is 19.1 Å². The van der Waals surface area contributed by atoms with Gasteiger partial charge in [-0.1, -0.05) is 58.4 Å². The Kier molecular flexibility index (Phi) is 6.12. The van der Waals surface area contributed by atoms with Crippen molar-refractivity contribution in [3.63, 3.8) is 0 Å². The Bertz CT molecular complexity index is 402. The summed E-state index contributed by atoms with van der Waals surface area (Å²) in [6.07, 6.45) is -0.478. The van der Waals surface area contributed by atoms with Crippen LogP contribution in [0.15, 0.2) is 24.3 Å². The average molecular weight is 284 g/mol. The fourth-order valence-electron chi connectivity index (χ4n) is 2.56. The summed E-state index contributed by atoms with van der Waals surface area (Å²) in [4.78, 5) is 0. The quantitative estimate of drug-likeness (QED) is 0.739. The summed E-state index contributed by atoms with van der Waals surface area (Å²) in [7, 11) is 0. The molecule has 0 fully saturated rings. The molecule has 3 heteroatoms. The van der Waals surface area contributed by atoms with Gasteiger partial charge in [-0.15, -0.1) is 0 Å². The third kappa shape index (κ3) is 3.57. The van der Waals surface area contributed by atoms with E-state index in [2.05, 4.69) is 13.8 Å². The molecule has 0 amide bonds. The van der Waals surface area contributed by atoms with Crippen LogP contribution in [-0.2, 0) is 5.60 Å². The van der Waals surface area contributed by atoms with Crippen LogP contribution >= 0.6 is 0 Å². The fourth-order valence-corrected chi connectivity index (χ4v) is 2.56. The lowest BCUT2D eigenvalue weighted by Gasteiger charge is -2.34.